The summed E-state index contributed by atoms with van der Waals surface area (Å²) in [5, 5.41) is 4.99. The molecule has 6 nitrogen and oxygen atoms in total. The van der Waals surface area contributed by atoms with Crippen LogP contribution in [0, 0.1) is 5.82 Å². The Bertz CT molecular complexity index is 1040. The van der Waals surface area contributed by atoms with Crippen LogP contribution in [-0.2, 0) is 26.5 Å². The molecular formula is C14H12ClFN2O4S2. The number of hydrogen-bond acceptors (Lipinski definition) is 4. The second-order valence-corrected chi connectivity index (χ2v) is 9.04. The third-order valence-corrected chi connectivity index (χ3v) is 6.90. The molecule has 0 saturated carbocycles. The van der Waals surface area contributed by atoms with E-state index in [9.17, 15) is 21.2 Å². The number of nitrogens with zero attached hydrogens (tertiary/aromatic N) is 1. The number of rotatable bonds is 3. The molecule has 3 rings (SSSR count). The SMILES string of the molecule is NS(=O)(=O)c1ccc2c(c1)CCN2S(=O)(=O)c1cc(F)ccc1Cl. The fourth-order valence-corrected chi connectivity index (χ4v) is 5.12. The summed E-state index contributed by atoms with van der Waals surface area (Å²) in [4.78, 5) is -0.433. The highest BCUT2D eigenvalue weighted by Gasteiger charge is 2.33. The molecular weight excluding hydrogens is 379 g/mol. The summed E-state index contributed by atoms with van der Waals surface area (Å²) < 4.78 is 62.9. The van der Waals surface area contributed by atoms with Gasteiger partial charge in [-0.05, 0) is 48.4 Å². The summed E-state index contributed by atoms with van der Waals surface area (Å²) >= 11 is 5.90. The third-order valence-electron chi connectivity index (χ3n) is 3.69. The van der Waals surface area contributed by atoms with E-state index in [1.54, 1.807) is 0 Å². The lowest BCUT2D eigenvalue weighted by Crippen LogP contribution is -2.29. The van der Waals surface area contributed by atoms with Crippen LogP contribution >= 0.6 is 11.6 Å². The molecule has 0 spiro atoms. The van der Waals surface area contributed by atoms with Crippen LogP contribution in [0.25, 0.3) is 0 Å². The first-order chi connectivity index (χ1) is 11.1. The zero-order valence-corrected chi connectivity index (χ0v) is 14.5. The van der Waals surface area contributed by atoms with E-state index in [-0.39, 0.29) is 21.4 Å². The van der Waals surface area contributed by atoms with Gasteiger partial charge < -0.3 is 0 Å². The molecule has 0 aromatic heterocycles. The average molecular weight is 391 g/mol. The monoisotopic (exact) mass is 390 g/mol. The van der Waals surface area contributed by atoms with Gasteiger partial charge in [0, 0.05) is 6.54 Å². The minimum Gasteiger partial charge on any atom is -0.266 e. The van der Waals surface area contributed by atoms with Crippen LogP contribution in [0.5, 0.6) is 0 Å². The number of anilines is 1. The first-order valence-electron chi connectivity index (χ1n) is 6.74. The molecule has 128 valence electrons. The van der Waals surface area contributed by atoms with Crippen LogP contribution in [0.15, 0.2) is 46.2 Å². The average Bonchev–Trinajstić information content (AvgIpc) is 2.92. The molecule has 2 aromatic rings. The molecule has 0 aliphatic carbocycles. The Labute approximate surface area is 143 Å². The van der Waals surface area contributed by atoms with Gasteiger partial charge in [-0.1, -0.05) is 11.6 Å². The third kappa shape index (κ3) is 2.88. The molecule has 0 amide bonds. The first-order valence-corrected chi connectivity index (χ1v) is 10.1. The quantitative estimate of drug-likeness (QED) is 0.865. The topological polar surface area (TPSA) is 97.5 Å². The van der Waals surface area contributed by atoms with Gasteiger partial charge in [0.2, 0.25) is 10.0 Å². The van der Waals surface area contributed by atoms with Crippen molar-refractivity contribution in [3.63, 3.8) is 0 Å². The highest BCUT2D eigenvalue weighted by atomic mass is 35.5. The van der Waals surface area contributed by atoms with Gasteiger partial charge in [-0.3, -0.25) is 4.31 Å². The van der Waals surface area contributed by atoms with Crippen molar-refractivity contribution in [1.82, 2.24) is 0 Å². The Morgan fingerprint density at radius 3 is 2.46 bits per heavy atom. The van der Waals surface area contributed by atoms with Gasteiger partial charge in [0.1, 0.15) is 10.7 Å². The summed E-state index contributed by atoms with van der Waals surface area (Å²) in [6, 6.07) is 7.03. The molecule has 1 heterocycles. The van der Waals surface area contributed by atoms with Crippen molar-refractivity contribution in [3.8, 4) is 0 Å². The number of halogens is 2. The van der Waals surface area contributed by atoms with Crippen LogP contribution in [0.3, 0.4) is 0 Å². The standard InChI is InChI=1S/C14H12ClFN2O4S2/c15-12-3-1-10(16)8-14(12)24(21,22)18-6-5-9-7-11(23(17,19)20)2-4-13(9)18/h1-4,7-8H,5-6H2,(H2,17,19,20). The number of hydrogen-bond donors (Lipinski definition) is 1. The fourth-order valence-electron chi connectivity index (χ4n) is 2.57. The van der Waals surface area contributed by atoms with E-state index in [0.717, 1.165) is 16.4 Å². The number of fused-ring (bicyclic) bond motifs is 1. The number of benzene rings is 2. The second kappa shape index (κ2) is 5.69. The van der Waals surface area contributed by atoms with Crippen molar-refractivity contribution in [2.45, 2.75) is 16.2 Å². The van der Waals surface area contributed by atoms with Crippen molar-refractivity contribution < 1.29 is 21.2 Å². The molecule has 10 heteroatoms. The van der Waals surface area contributed by atoms with Crippen molar-refractivity contribution >= 4 is 37.3 Å². The Balaban J connectivity index is 2.09. The maximum atomic E-state index is 13.4. The van der Waals surface area contributed by atoms with Crippen molar-refractivity contribution in [2.75, 3.05) is 10.8 Å². The van der Waals surface area contributed by atoms with Gasteiger partial charge >= 0.3 is 0 Å². The molecule has 0 radical (unpaired) electrons. The fraction of sp³-hybridized carbons (Fsp3) is 0.143. The lowest BCUT2D eigenvalue weighted by molar-refractivity contribution is 0.587. The molecule has 1 aliphatic heterocycles. The van der Waals surface area contributed by atoms with Gasteiger partial charge in [0.15, 0.2) is 0 Å². The van der Waals surface area contributed by atoms with Crippen LogP contribution in [-0.4, -0.2) is 23.4 Å². The Kier molecular flexibility index (Phi) is 4.07. The van der Waals surface area contributed by atoms with Crippen LogP contribution in [0.2, 0.25) is 5.02 Å². The van der Waals surface area contributed by atoms with Crippen LogP contribution in [0.1, 0.15) is 5.56 Å². The molecule has 0 saturated heterocycles. The number of sulfonamides is 2. The summed E-state index contributed by atoms with van der Waals surface area (Å²) in [5.41, 5.74) is 0.848. The summed E-state index contributed by atoms with van der Waals surface area (Å²) in [6.45, 7) is 0.0958. The zero-order valence-electron chi connectivity index (χ0n) is 12.1. The highest BCUT2D eigenvalue weighted by molar-refractivity contribution is 7.93. The molecule has 24 heavy (non-hydrogen) atoms. The van der Waals surface area contributed by atoms with Crippen molar-refractivity contribution in [1.29, 1.82) is 0 Å². The summed E-state index contributed by atoms with van der Waals surface area (Å²) in [6.07, 6.45) is 0.310. The van der Waals surface area contributed by atoms with E-state index in [1.165, 1.54) is 24.3 Å². The minimum atomic E-state index is -4.07. The largest absolute Gasteiger partial charge is 0.266 e. The number of nitrogens with two attached hydrogens (primary N) is 1. The zero-order chi connectivity index (χ0) is 17.7. The summed E-state index contributed by atoms with van der Waals surface area (Å²) in [5.74, 6) is -0.720. The minimum absolute atomic E-state index is 0.0917. The van der Waals surface area contributed by atoms with Gasteiger partial charge in [-0.2, -0.15) is 0 Å². The van der Waals surface area contributed by atoms with Crippen molar-refractivity contribution in [2.24, 2.45) is 5.14 Å². The number of primary sulfonamides is 1. The molecule has 0 fully saturated rings. The predicted molar refractivity (Wildman–Crippen MR) is 87.5 cm³/mol. The molecule has 2 aromatic carbocycles. The Hall–Kier alpha value is -1.68. The lowest BCUT2D eigenvalue weighted by Gasteiger charge is -2.20. The Morgan fingerprint density at radius 2 is 1.79 bits per heavy atom. The van der Waals surface area contributed by atoms with Gasteiger partial charge in [-0.15, -0.1) is 0 Å². The van der Waals surface area contributed by atoms with Crippen LogP contribution in [0.4, 0.5) is 10.1 Å². The van der Waals surface area contributed by atoms with E-state index in [0.29, 0.717) is 17.7 Å². The predicted octanol–water partition coefficient (Wildman–Crippen LogP) is 1.88. The molecule has 0 unspecified atom stereocenters. The smallest absolute Gasteiger partial charge is 0.265 e. The normalized spacial score (nSPS) is 14.7. The maximum absolute atomic E-state index is 13.4. The second-order valence-electron chi connectivity index (χ2n) is 5.24. The highest BCUT2D eigenvalue weighted by Crippen LogP contribution is 2.36. The van der Waals surface area contributed by atoms with Gasteiger partial charge in [0.25, 0.3) is 10.0 Å². The van der Waals surface area contributed by atoms with Gasteiger partial charge in [0.05, 0.1) is 15.6 Å². The molecule has 0 atom stereocenters. The molecule has 2 N–H and O–H groups in total. The molecule has 1 aliphatic rings. The summed E-state index contributed by atoms with van der Waals surface area (Å²) in [7, 11) is -7.95. The molecule has 0 bridgehead atoms. The first kappa shape index (κ1) is 17.2. The van der Waals surface area contributed by atoms with E-state index in [2.05, 4.69) is 0 Å². The Morgan fingerprint density at radius 1 is 1.08 bits per heavy atom. The van der Waals surface area contributed by atoms with E-state index >= 15 is 0 Å². The van der Waals surface area contributed by atoms with Crippen LogP contribution < -0.4 is 9.44 Å². The van der Waals surface area contributed by atoms with E-state index < -0.39 is 25.9 Å². The van der Waals surface area contributed by atoms with Crippen molar-refractivity contribution in [3.05, 3.63) is 52.8 Å². The maximum Gasteiger partial charge on any atom is 0.265 e. The van der Waals surface area contributed by atoms with Gasteiger partial charge in [-0.25, -0.2) is 26.4 Å². The lowest BCUT2D eigenvalue weighted by atomic mass is 10.2. The van der Waals surface area contributed by atoms with E-state index in [4.69, 9.17) is 16.7 Å². The van der Waals surface area contributed by atoms with E-state index in [1.807, 2.05) is 0 Å².